The van der Waals surface area contributed by atoms with Crippen LogP contribution in [0.5, 0.6) is 0 Å². The Balaban J connectivity index is 1.79. The van der Waals surface area contributed by atoms with E-state index < -0.39 is 11.7 Å². The van der Waals surface area contributed by atoms with Gasteiger partial charge >= 0.3 is 0 Å². The van der Waals surface area contributed by atoms with Crippen LogP contribution in [0.25, 0.3) is 5.65 Å². The van der Waals surface area contributed by atoms with Crippen molar-refractivity contribution in [3.8, 4) is 0 Å². The third-order valence-electron chi connectivity index (χ3n) is 3.44. The number of hydrogen-bond acceptors (Lipinski definition) is 3. The van der Waals surface area contributed by atoms with E-state index >= 15 is 0 Å². The van der Waals surface area contributed by atoms with E-state index in [0.29, 0.717) is 11.2 Å². The Morgan fingerprint density at radius 3 is 2.91 bits per heavy atom. The lowest BCUT2D eigenvalue weighted by atomic mass is 10.1. The number of carbonyl (C=O) groups excluding carboxylic acids is 1. The summed E-state index contributed by atoms with van der Waals surface area (Å²) in [7, 11) is 0. The van der Waals surface area contributed by atoms with Crippen molar-refractivity contribution in [3.63, 3.8) is 0 Å². The number of aliphatic hydroxyl groups excluding tert-OH is 1. The Kier molecular flexibility index (Phi) is 4.27. The summed E-state index contributed by atoms with van der Waals surface area (Å²) >= 11 is 6.03. The highest BCUT2D eigenvalue weighted by Crippen LogP contribution is 2.17. The molecule has 2 heterocycles. The molecule has 5 nitrogen and oxygen atoms in total. The van der Waals surface area contributed by atoms with E-state index in [1.807, 2.05) is 0 Å². The number of carbonyl (C=O) groups is 1. The van der Waals surface area contributed by atoms with Crippen LogP contribution in [0.2, 0.25) is 5.15 Å². The van der Waals surface area contributed by atoms with E-state index in [1.54, 1.807) is 34.9 Å². The second kappa shape index (κ2) is 6.36. The summed E-state index contributed by atoms with van der Waals surface area (Å²) in [6.07, 6.45) is 1.69. The van der Waals surface area contributed by atoms with Gasteiger partial charge in [-0.1, -0.05) is 29.8 Å². The van der Waals surface area contributed by atoms with Crippen LogP contribution >= 0.6 is 11.6 Å². The highest BCUT2D eigenvalue weighted by molar-refractivity contribution is 6.32. The van der Waals surface area contributed by atoms with Crippen molar-refractivity contribution in [2.24, 2.45) is 0 Å². The predicted molar refractivity (Wildman–Crippen MR) is 83.7 cm³/mol. The number of amides is 1. The fourth-order valence-electron chi connectivity index (χ4n) is 2.27. The largest absolute Gasteiger partial charge is 0.392 e. The summed E-state index contributed by atoms with van der Waals surface area (Å²) in [5.74, 6) is -0.910. The molecule has 0 atom stereocenters. The number of halogens is 2. The molecule has 7 heteroatoms. The Hall–Kier alpha value is -2.44. The molecule has 0 bridgehead atoms. The van der Waals surface area contributed by atoms with Crippen LogP contribution < -0.4 is 5.32 Å². The molecule has 23 heavy (non-hydrogen) atoms. The molecule has 0 spiro atoms. The van der Waals surface area contributed by atoms with Gasteiger partial charge in [0.05, 0.1) is 6.61 Å². The second-order valence-corrected chi connectivity index (χ2v) is 5.30. The van der Waals surface area contributed by atoms with Crippen molar-refractivity contribution in [1.82, 2.24) is 14.7 Å². The van der Waals surface area contributed by atoms with E-state index in [1.165, 1.54) is 12.1 Å². The number of fused-ring (bicyclic) bond motifs is 1. The number of hydrogen-bond donors (Lipinski definition) is 2. The zero-order valence-electron chi connectivity index (χ0n) is 12.0. The van der Waals surface area contributed by atoms with Crippen LogP contribution in [0.4, 0.5) is 4.39 Å². The van der Waals surface area contributed by atoms with Crippen molar-refractivity contribution < 1.29 is 14.3 Å². The minimum absolute atomic E-state index is 0.107. The van der Waals surface area contributed by atoms with Crippen LogP contribution in [0.3, 0.4) is 0 Å². The Bertz CT molecular complexity index is 879. The van der Waals surface area contributed by atoms with Crippen LogP contribution in [-0.2, 0) is 13.2 Å². The Labute approximate surface area is 136 Å². The Morgan fingerprint density at radius 2 is 2.17 bits per heavy atom. The highest BCUT2D eigenvalue weighted by atomic mass is 35.5. The molecule has 2 N–H and O–H groups in total. The molecule has 0 saturated carbocycles. The summed E-state index contributed by atoms with van der Waals surface area (Å²) in [6.45, 7) is -0.228. The second-order valence-electron chi connectivity index (χ2n) is 4.95. The summed E-state index contributed by atoms with van der Waals surface area (Å²) < 4.78 is 15.2. The first-order valence-electron chi connectivity index (χ1n) is 6.89. The molecule has 0 radical (unpaired) electrons. The molecule has 1 aromatic carbocycles. The molecule has 118 valence electrons. The summed E-state index contributed by atoms with van der Waals surface area (Å²) in [4.78, 5) is 16.4. The number of benzene rings is 1. The van der Waals surface area contributed by atoms with Gasteiger partial charge in [0, 0.05) is 18.3 Å². The molecule has 2 aromatic heterocycles. The summed E-state index contributed by atoms with van der Waals surface area (Å²) in [6, 6.07) is 9.72. The molecule has 0 aliphatic rings. The van der Waals surface area contributed by atoms with Gasteiger partial charge in [-0.3, -0.25) is 9.20 Å². The average Bonchev–Trinajstić information content (AvgIpc) is 2.88. The maximum absolute atomic E-state index is 13.6. The van der Waals surface area contributed by atoms with Gasteiger partial charge in [0.2, 0.25) is 0 Å². The van der Waals surface area contributed by atoms with Gasteiger partial charge in [-0.15, -0.1) is 0 Å². The van der Waals surface area contributed by atoms with Gasteiger partial charge < -0.3 is 10.4 Å². The van der Waals surface area contributed by atoms with Crippen molar-refractivity contribution in [2.45, 2.75) is 13.2 Å². The first-order valence-corrected chi connectivity index (χ1v) is 7.27. The first kappa shape index (κ1) is 15.5. The number of aromatic nitrogens is 2. The van der Waals surface area contributed by atoms with Gasteiger partial charge in [-0.25, -0.2) is 9.37 Å². The van der Waals surface area contributed by atoms with Gasteiger partial charge in [0.1, 0.15) is 11.5 Å². The first-order chi connectivity index (χ1) is 11.1. The van der Waals surface area contributed by atoms with Crippen LogP contribution in [0.15, 0.2) is 42.6 Å². The number of rotatable bonds is 4. The van der Waals surface area contributed by atoms with Gasteiger partial charge in [0.15, 0.2) is 10.8 Å². The van der Waals surface area contributed by atoms with Gasteiger partial charge in [-0.05, 0) is 23.8 Å². The quantitative estimate of drug-likeness (QED) is 0.771. The van der Waals surface area contributed by atoms with Crippen molar-refractivity contribution in [3.05, 3.63) is 70.4 Å². The van der Waals surface area contributed by atoms with Crippen LogP contribution in [0.1, 0.15) is 21.6 Å². The van der Waals surface area contributed by atoms with E-state index in [0.717, 1.165) is 0 Å². The van der Waals surface area contributed by atoms with Crippen molar-refractivity contribution >= 4 is 23.2 Å². The monoisotopic (exact) mass is 333 g/mol. The third-order valence-corrected chi connectivity index (χ3v) is 3.71. The summed E-state index contributed by atoms with van der Waals surface area (Å²) in [5.41, 5.74) is 1.60. The zero-order valence-corrected chi connectivity index (χ0v) is 12.7. The SMILES string of the molecule is O=C(NCc1ccc(CO)c(F)c1)c1c(Cl)nc2ccccn12. The fraction of sp³-hybridized carbons (Fsp3) is 0.125. The molecule has 0 unspecified atom stereocenters. The number of imidazole rings is 1. The molecule has 0 fully saturated rings. The number of aliphatic hydroxyl groups is 1. The molecule has 0 aliphatic heterocycles. The molecule has 0 aliphatic carbocycles. The lowest BCUT2D eigenvalue weighted by Crippen LogP contribution is -2.24. The maximum atomic E-state index is 13.6. The highest BCUT2D eigenvalue weighted by Gasteiger charge is 2.17. The van der Waals surface area contributed by atoms with Crippen LogP contribution in [0, 0.1) is 5.82 Å². The normalized spacial score (nSPS) is 10.9. The Morgan fingerprint density at radius 1 is 1.35 bits per heavy atom. The fourth-order valence-corrected chi connectivity index (χ4v) is 2.53. The number of nitrogens with one attached hydrogen (secondary N) is 1. The lowest BCUT2D eigenvalue weighted by Gasteiger charge is -2.07. The minimum Gasteiger partial charge on any atom is -0.392 e. The smallest absolute Gasteiger partial charge is 0.271 e. The summed E-state index contributed by atoms with van der Waals surface area (Å²) in [5, 5.41) is 11.7. The van der Waals surface area contributed by atoms with Crippen molar-refractivity contribution in [2.75, 3.05) is 0 Å². The van der Waals surface area contributed by atoms with Gasteiger partial charge in [0.25, 0.3) is 5.91 Å². The standard InChI is InChI=1S/C16H13ClFN3O2/c17-15-14(21-6-2-1-3-13(21)20-15)16(23)19-8-10-4-5-11(9-22)12(18)7-10/h1-7,22H,8-9H2,(H,19,23). The molecular formula is C16H13ClFN3O2. The topological polar surface area (TPSA) is 66.6 Å². The lowest BCUT2D eigenvalue weighted by molar-refractivity contribution is 0.0945. The van der Waals surface area contributed by atoms with E-state index in [4.69, 9.17) is 16.7 Å². The molecular weight excluding hydrogens is 321 g/mol. The molecule has 0 saturated heterocycles. The van der Waals surface area contributed by atoms with E-state index in [-0.39, 0.29) is 29.6 Å². The number of pyridine rings is 1. The zero-order chi connectivity index (χ0) is 16.4. The van der Waals surface area contributed by atoms with E-state index in [9.17, 15) is 9.18 Å². The number of nitrogens with zero attached hydrogens (tertiary/aromatic N) is 2. The minimum atomic E-state index is -0.507. The van der Waals surface area contributed by atoms with Crippen LogP contribution in [-0.4, -0.2) is 20.4 Å². The average molecular weight is 334 g/mol. The molecule has 3 aromatic rings. The van der Waals surface area contributed by atoms with Crippen molar-refractivity contribution in [1.29, 1.82) is 0 Å². The van der Waals surface area contributed by atoms with E-state index in [2.05, 4.69) is 10.3 Å². The van der Waals surface area contributed by atoms with Gasteiger partial charge in [-0.2, -0.15) is 0 Å². The predicted octanol–water partition coefficient (Wildman–Crippen LogP) is 2.55. The molecule has 3 rings (SSSR count). The third kappa shape index (κ3) is 3.04. The molecule has 1 amide bonds. The maximum Gasteiger partial charge on any atom is 0.271 e.